The predicted molar refractivity (Wildman–Crippen MR) is 92.9 cm³/mol. The van der Waals surface area contributed by atoms with Crippen molar-refractivity contribution in [3.05, 3.63) is 29.8 Å². The summed E-state index contributed by atoms with van der Waals surface area (Å²) in [6.45, 7) is 7.96. The number of hydrogen-bond donors (Lipinski definition) is 1. The monoisotopic (exact) mass is 348 g/mol. The molecule has 1 aliphatic rings. The van der Waals surface area contributed by atoms with Crippen molar-refractivity contribution < 1.29 is 24.2 Å². The highest BCUT2D eigenvalue weighted by atomic mass is 16.6. The van der Waals surface area contributed by atoms with Crippen LogP contribution >= 0.6 is 0 Å². The molecule has 7 heteroatoms. The Morgan fingerprint density at radius 2 is 1.68 bits per heavy atom. The topological polar surface area (TPSA) is 87.2 Å². The van der Waals surface area contributed by atoms with Crippen LogP contribution in [0.2, 0.25) is 0 Å². The number of amides is 1. The third-order valence-corrected chi connectivity index (χ3v) is 3.95. The second-order valence-corrected chi connectivity index (χ2v) is 7.00. The zero-order valence-corrected chi connectivity index (χ0v) is 14.8. The minimum atomic E-state index is -1.16. The molecule has 1 atom stereocenters. The molecule has 1 saturated heterocycles. The predicted octanol–water partition coefficient (Wildman–Crippen LogP) is 2.11. The third-order valence-electron chi connectivity index (χ3n) is 3.95. The van der Waals surface area contributed by atoms with Crippen LogP contribution in [0.15, 0.2) is 24.3 Å². The zero-order valence-electron chi connectivity index (χ0n) is 14.8. The van der Waals surface area contributed by atoms with Gasteiger partial charge in [-0.15, -0.1) is 0 Å². The van der Waals surface area contributed by atoms with Gasteiger partial charge >= 0.3 is 12.1 Å². The minimum absolute atomic E-state index is 0.308. The molecule has 1 N–H and O–H groups in total. The van der Waals surface area contributed by atoms with Gasteiger partial charge in [0.05, 0.1) is 0 Å². The molecule has 136 valence electrons. The van der Waals surface area contributed by atoms with E-state index in [0.29, 0.717) is 38.0 Å². The first-order chi connectivity index (χ1) is 11.7. The highest BCUT2D eigenvalue weighted by molar-refractivity contribution is 5.93. The number of carboxylic acids is 1. The first kappa shape index (κ1) is 18.8. The van der Waals surface area contributed by atoms with Crippen LogP contribution in [0.4, 0.5) is 10.5 Å². The van der Waals surface area contributed by atoms with Crippen LogP contribution in [0.1, 0.15) is 32.3 Å². The molecule has 0 aliphatic carbocycles. The van der Waals surface area contributed by atoms with E-state index in [2.05, 4.69) is 4.90 Å². The number of hydrogen-bond acceptors (Lipinski definition) is 5. The zero-order chi connectivity index (χ0) is 18.6. The summed E-state index contributed by atoms with van der Waals surface area (Å²) < 4.78 is 5.37. The Morgan fingerprint density at radius 3 is 2.12 bits per heavy atom. The average molecular weight is 348 g/mol. The van der Waals surface area contributed by atoms with E-state index in [1.165, 1.54) is 0 Å². The standard InChI is InChI=1S/C18H24N2O5/c1-18(2,3)25-17(24)20-10-8-19(9-11-20)14-6-4-13(5-7-14)15(12-21)16(22)23/h4-7,12,15H,8-11H2,1-3H3,(H,22,23). The number of rotatable bonds is 4. The smallest absolute Gasteiger partial charge is 0.410 e. The van der Waals surface area contributed by atoms with Crippen molar-refractivity contribution in [3.63, 3.8) is 0 Å². The highest BCUT2D eigenvalue weighted by Crippen LogP contribution is 2.22. The molecule has 0 bridgehead atoms. The fraction of sp³-hybridized carbons (Fsp3) is 0.500. The molecular weight excluding hydrogens is 324 g/mol. The van der Waals surface area contributed by atoms with E-state index < -0.39 is 17.5 Å². The number of ether oxygens (including phenoxy) is 1. The molecule has 1 fully saturated rings. The van der Waals surface area contributed by atoms with Gasteiger partial charge in [-0.05, 0) is 38.5 Å². The van der Waals surface area contributed by atoms with E-state index in [9.17, 15) is 14.4 Å². The Labute approximate surface area is 147 Å². The van der Waals surface area contributed by atoms with Crippen LogP contribution in [0.3, 0.4) is 0 Å². The van der Waals surface area contributed by atoms with Gasteiger partial charge < -0.3 is 24.4 Å². The van der Waals surface area contributed by atoms with Crippen molar-refractivity contribution in [3.8, 4) is 0 Å². The van der Waals surface area contributed by atoms with Gasteiger partial charge in [-0.25, -0.2) is 4.79 Å². The molecule has 2 rings (SSSR count). The number of piperazine rings is 1. The largest absolute Gasteiger partial charge is 0.480 e. The van der Waals surface area contributed by atoms with Crippen LogP contribution in [-0.4, -0.2) is 60.1 Å². The number of carbonyl (C=O) groups excluding carboxylic acids is 2. The average Bonchev–Trinajstić information content (AvgIpc) is 2.54. The number of benzene rings is 1. The number of anilines is 1. The van der Waals surface area contributed by atoms with Crippen molar-refractivity contribution in [1.82, 2.24) is 4.90 Å². The molecular formula is C18H24N2O5. The second-order valence-electron chi connectivity index (χ2n) is 7.00. The lowest BCUT2D eigenvalue weighted by Gasteiger charge is -2.36. The van der Waals surface area contributed by atoms with Gasteiger partial charge in [0.2, 0.25) is 0 Å². The molecule has 1 aromatic carbocycles. The van der Waals surface area contributed by atoms with Gasteiger partial charge in [0, 0.05) is 31.9 Å². The summed E-state index contributed by atoms with van der Waals surface area (Å²) in [5.74, 6) is -2.30. The van der Waals surface area contributed by atoms with Crippen molar-refractivity contribution in [2.45, 2.75) is 32.3 Å². The van der Waals surface area contributed by atoms with Gasteiger partial charge in [-0.1, -0.05) is 12.1 Å². The Hall–Kier alpha value is -2.57. The fourth-order valence-electron chi connectivity index (χ4n) is 2.65. The summed E-state index contributed by atoms with van der Waals surface area (Å²) in [6, 6.07) is 6.92. The highest BCUT2D eigenvalue weighted by Gasteiger charge is 2.26. The van der Waals surface area contributed by atoms with E-state index in [4.69, 9.17) is 9.84 Å². The molecule has 1 amide bonds. The SMILES string of the molecule is CC(C)(C)OC(=O)N1CCN(c2ccc(C(C=O)C(=O)O)cc2)CC1. The summed E-state index contributed by atoms with van der Waals surface area (Å²) in [7, 11) is 0. The fourth-order valence-corrected chi connectivity index (χ4v) is 2.65. The maximum Gasteiger partial charge on any atom is 0.410 e. The number of carboxylic acid groups (broad SMARTS) is 1. The second kappa shape index (κ2) is 7.55. The molecule has 0 saturated carbocycles. The van der Waals surface area contributed by atoms with E-state index >= 15 is 0 Å². The normalized spacial score (nSPS) is 16.3. The number of nitrogens with zero attached hydrogens (tertiary/aromatic N) is 2. The molecule has 0 spiro atoms. The summed E-state index contributed by atoms with van der Waals surface area (Å²) >= 11 is 0. The van der Waals surface area contributed by atoms with Crippen LogP contribution in [0, 0.1) is 0 Å². The molecule has 1 aliphatic heterocycles. The van der Waals surface area contributed by atoms with Crippen molar-refractivity contribution in [1.29, 1.82) is 0 Å². The van der Waals surface area contributed by atoms with E-state index in [0.717, 1.165) is 5.69 Å². The van der Waals surface area contributed by atoms with Gasteiger partial charge in [0.25, 0.3) is 0 Å². The Balaban J connectivity index is 1.96. The van der Waals surface area contributed by atoms with Gasteiger partial charge in [-0.2, -0.15) is 0 Å². The summed E-state index contributed by atoms with van der Waals surface area (Å²) in [4.78, 5) is 37.8. The summed E-state index contributed by atoms with van der Waals surface area (Å²) in [5, 5.41) is 9.02. The quantitative estimate of drug-likeness (QED) is 0.662. The van der Waals surface area contributed by atoms with E-state index in [1.807, 2.05) is 20.8 Å². The lowest BCUT2D eigenvalue weighted by molar-refractivity contribution is -0.140. The van der Waals surface area contributed by atoms with Gasteiger partial charge in [-0.3, -0.25) is 4.79 Å². The molecule has 25 heavy (non-hydrogen) atoms. The third kappa shape index (κ3) is 4.95. The Kier molecular flexibility index (Phi) is 5.66. The number of carbonyl (C=O) groups is 3. The van der Waals surface area contributed by atoms with Crippen molar-refractivity contribution in [2.24, 2.45) is 0 Å². The molecule has 1 unspecified atom stereocenters. The van der Waals surface area contributed by atoms with Gasteiger partial charge in [0.1, 0.15) is 17.8 Å². The van der Waals surface area contributed by atoms with E-state index in [1.54, 1.807) is 29.2 Å². The van der Waals surface area contributed by atoms with Crippen molar-refractivity contribution in [2.75, 3.05) is 31.1 Å². The van der Waals surface area contributed by atoms with Crippen LogP contribution < -0.4 is 4.90 Å². The molecule has 7 nitrogen and oxygen atoms in total. The first-order valence-corrected chi connectivity index (χ1v) is 8.22. The lowest BCUT2D eigenvalue weighted by Crippen LogP contribution is -2.50. The molecule has 0 aromatic heterocycles. The minimum Gasteiger partial charge on any atom is -0.480 e. The van der Waals surface area contributed by atoms with Crippen molar-refractivity contribution >= 4 is 24.0 Å². The first-order valence-electron chi connectivity index (χ1n) is 8.22. The molecule has 1 aromatic rings. The molecule has 1 heterocycles. The maximum absolute atomic E-state index is 12.1. The summed E-state index contributed by atoms with van der Waals surface area (Å²) in [5.41, 5.74) is 0.879. The van der Waals surface area contributed by atoms with Crippen LogP contribution in [0.25, 0.3) is 0 Å². The van der Waals surface area contributed by atoms with Crippen LogP contribution in [0.5, 0.6) is 0 Å². The molecule has 0 radical (unpaired) electrons. The Morgan fingerprint density at radius 1 is 1.12 bits per heavy atom. The Bertz CT molecular complexity index is 628. The lowest BCUT2D eigenvalue weighted by atomic mass is 10.0. The number of aliphatic carboxylic acids is 1. The maximum atomic E-state index is 12.1. The summed E-state index contributed by atoms with van der Waals surface area (Å²) in [6.07, 6.45) is 0.120. The van der Waals surface area contributed by atoms with Gasteiger partial charge in [0.15, 0.2) is 0 Å². The van der Waals surface area contributed by atoms with E-state index in [-0.39, 0.29) is 6.09 Å². The van der Waals surface area contributed by atoms with Crippen LogP contribution in [-0.2, 0) is 14.3 Å². The number of aldehydes is 1.